The maximum absolute atomic E-state index is 11.3. The number of carbonyl (C=O) groups excluding carboxylic acids is 2. The van der Waals surface area contributed by atoms with E-state index in [0.29, 0.717) is 16.9 Å². The fourth-order valence-corrected chi connectivity index (χ4v) is 1.36. The zero-order valence-electron chi connectivity index (χ0n) is 9.98. The van der Waals surface area contributed by atoms with Gasteiger partial charge < -0.3 is 14.2 Å². The van der Waals surface area contributed by atoms with E-state index < -0.39 is 5.97 Å². The fraction of sp³-hybridized carbons (Fsp3) is 0.333. The molecule has 1 aromatic carbocycles. The minimum Gasteiger partial charge on any atom is -0.496 e. The average molecular weight is 238 g/mol. The molecule has 0 spiro atoms. The first-order valence-corrected chi connectivity index (χ1v) is 4.94. The number of hydrogen-bond acceptors (Lipinski definition) is 5. The van der Waals surface area contributed by atoms with Crippen LogP contribution in [-0.4, -0.2) is 33.3 Å². The molecule has 0 saturated carbocycles. The minimum absolute atomic E-state index is 0.0983. The Hall–Kier alpha value is -2.04. The van der Waals surface area contributed by atoms with Gasteiger partial charge in [-0.25, -0.2) is 4.79 Å². The van der Waals surface area contributed by atoms with Gasteiger partial charge in [-0.15, -0.1) is 0 Å². The first-order valence-electron chi connectivity index (χ1n) is 4.94. The first kappa shape index (κ1) is 13.0. The van der Waals surface area contributed by atoms with E-state index in [1.54, 1.807) is 12.1 Å². The fourth-order valence-electron chi connectivity index (χ4n) is 1.36. The monoisotopic (exact) mass is 238 g/mol. The summed E-state index contributed by atoms with van der Waals surface area (Å²) in [6.45, 7) is 0. The van der Waals surface area contributed by atoms with Crippen molar-refractivity contribution in [2.75, 3.05) is 21.3 Å². The van der Waals surface area contributed by atoms with Crippen molar-refractivity contribution in [2.45, 2.75) is 6.42 Å². The number of benzene rings is 1. The number of ether oxygens (including phenoxy) is 3. The van der Waals surface area contributed by atoms with Gasteiger partial charge in [0.15, 0.2) is 0 Å². The van der Waals surface area contributed by atoms with Gasteiger partial charge in [-0.1, -0.05) is 6.07 Å². The van der Waals surface area contributed by atoms with E-state index >= 15 is 0 Å². The van der Waals surface area contributed by atoms with Crippen LogP contribution < -0.4 is 4.74 Å². The SMILES string of the molecule is COC(=O)Cc1ccc(C(=O)OC)cc1OC. The molecule has 1 aromatic rings. The van der Waals surface area contributed by atoms with Crippen LogP contribution >= 0.6 is 0 Å². The summed E-state index contributed by atoms with van der Waals surface area (Å²) in [4.78, 5) is 22.5. The molecule has 0 aliphatic heterocycles. The molecular weight excluding hydrogens is 224 g/mol. The molecule has 0 radical (unpaired) electrons. The summed E-state index contributed by atoms with van der Waals surface area (Å²) in [7, 11) is 4.09. The molecule has 0 aromatic heterocycles. The Bertz CT molecular complexity index is 425. The molecule has 0 N–H and O–H groups in total. The average Bonchev–Trinajstić information content (AvgIpc) is 2.37. The zero-order chi connectivity index (χ0) is 12.8. The van der Waals surface area contributed by atoms with E-state index in [1.165, 1.54) is 27.4 Å². The summed E-state index contributed by atoms with van der Waals surface area (Å²) < 4.78 is 14.3. The predicted octanol–water partition coefficient (Wildman–Crippen LogP) is 1.20. The molecule has 5 heteroatoms. The highest BCUT2D eigenvalue weighted by molar-refractivity contribution is 5.90. The van der Waals surface area contributed by atoms with Crippen LogP contribution in [0.1, 0.15) is 15.9 Å². The van der Waals surface area contributed by atoms with Crippen molar-refractivity contribution in [1.29, 1.82) is 0 Å². The van der Waals surface area contributed by atoms with Gasteiger partial charge in [0, 0.05) is 5.56 Å². The third kappa shape index (κ3) is 3.21. The second-order valence-electron chi connectivity index (χ2n) is 3.27. The van der Waals surface area contributed by atoms with Crippen molar-refractivity contribution in [3.05, 3.63) is 29.3 Å². The molecule has 0 aliphatic rings. The van der Waals surface area contributed by atoms with Crippen molar-refractivity contribution in [3.8, 4) is 5.75 Å². The second-order valence-corrected chi connectivity index (χ2v) is 3.27. The maximum atomic E-state index is 11.3. The van der Waals surface area contributed by atoms with E-state index in [1.807, 2.05) is 0 Å². The summed E-state index contributed by atoms with van der Waals surface area (Å²) in [5.41, 5.74) is 1.03. The van der Waals surface area contributed by atoms with Crippen LogP contribution in [0.2, 0.25) is 0 Å². The van der Waals surface area contributed by atoms with Crippen LogP contribution in [0.4, 0.5) is 0 Å². The highest BCUT2D eigenvalue weighted by Crippen LogP contribution is 2.21. The Morgan fingerprint density at radius 1 is 1.12 bits per heavy atom. The lowest BCUT2D eigenvalue weighted by Crippen LogP contribution is -2.07. The smallest absolute Gasteiger partial charge is 0.337 e. The van der Waals surface area contributed by atoms with Gasteiger partial charge in [0.05, 0.1) is 33.3 Å². The van der Waals surface area contributed by atoms with E-state index in [9.17, 15) is 9.59 Å². The Morgan fingerprint density at radius 3 is 2.35 bits per heavy atom. The number of esters is 2. The van der Waals surface area contributed by atoms with Crippen LogP contribution in [0.5, 0.6) is 5.75 Å². The number of methoxy groups -OCH3 is 3. The summed E-state index contributed by atoms with van der Waals surface area (Å²) in [5, 5.41) is 0. The molecule has 0 aliphatic carbocycles. The molecule has 0 unspecified atom stereocenters. The normalized spacial score (nSPS) is 9.59. The van der Waals surface area contributed by atoms with Gasteiger partial charge in [0.2, 0.25) is 0 Å². The number of rotatable bonds is 4. The highest BCUT2D eigenvalue weighted by Gasteiger charge is 2.12. The number of hydrogen-bond donors (Lipinski definition) is 0. The third-order valence-corrected chi connectivity index (χ3v) is 2.27. The van der Waals surface area contributed by atoms with Crippen LogP contribution in [0.15, 0.2) is 18.2 Å². The zero-order valence-corrected chi connectivity index (χ0v) is 9.98. The summed E-state index contributed by atoms with van der Waals surface area (Å²) in [6, 6.07) is 4.75. The Morgan fingerprint density at radius 2 is 1.82 bits per heavy atom. The van der Waals surface area contributed by atoms with Gasteiger partial charge >= 0.3 is 11.9 Å². The molecule has 1 rings (SSSR count). The highest BCUT2D eigenvalue weighted by atomic mass is 16.5. The van der Waals surface area contributed by atoms with Crippen LogP contribution in [0, 0.1) is 0 Å². The molecule has 0 bridgehead atoms. The lowest BCUT2D eigenvalue weighted by Gasteiger charge is -2.09. The predicted molar refractivity (Wildman–Crippen MR) is 60.1 cm³/mol. The molecule has 0 fully saturated rings. The van der Waals surface area contributed by atoms with Crippen molar-refractivity contribution >= 4 is 11.9 Å². The van der Waals surface area contributed by atoms with Crippen molar-refractivity contribution in [2.24, 2.45) is 0 Å². The standard InChI is InChI=1S/C12H14O5/c1-15-10-6-9(12(14)17-3)5-4-8(10)7-11(13)16-2/h4-6H,7H2,1-3H3. The first-order chi connectivity index (χ1) is 8.12. The van der Waals surface area contributed by atoms with Gasteiger partial charge in [-0.3, -0.25) is 4.79 Å². The third-order valence-electron chi connectivity index (χ3n) is 2.27. The summed E-state index contributed by atoms with van der Waals surface area (Å²) >= 11 is 0. The van der Waals surface area contributed by atoms with Gasteiger partial charge in [0.1, 0.15) is 5.75 Å². The Balaban J connectivity index is 3.01. The van der Waals surface area contributed by atoms with Crippen molar-refractivity contribution < 1.29 is 23.8 Å². The molecule has 0 saturated heterocycles. The van der Waals surface area contributed by atoms with Crippen molar-refractivity contribution in [1.82, 2.24) is 0 Å². The Labute approximate surface area is 99.3 Å². The van der Waals surface area contributed by atoms with E-state index in [2.05, 4.69) is 9.47 Å². The maximum Gasteiger partial charge on any atom is 0.337 e. The van der Waals surface area contributed by atoms with Crippen molar-refractivity contribution in [3.63, 3.8) is 0 Å². The quantitative estimate of drug-likeness (QED) is 0.737. The summed E-state index contributed by atoms with van der Waals surface area (Å²) in [5.74, 6) is -0.361. The lowest BCUT2D eigenvalue weighted by atomic mass is 10.1. The lowest BCUT2D eigenvalue weighted by molar-refractivity contribution is -0.139. The second kappa shape index (κ2) is 5.89. The van der Waals surface area contributed by atoms with Gasteiger partial charge in [-0.2, -0.15) is 0 Å². The van der Waals surface area contributed by atoms with Crippen LogP contribution in [0.3, 0.4) is 0 Å². The Kier molecular flexibility index (Phi) is 4.51. The molecule has 0 atom stereocenters. The topological polar surface area (TPSA) is 61.8 Å². The van der Waals surface area contributed by atoms with E-state index in [-0.39, 0.29) is 12.4 Å². The molecule has 17 heavy (non-hydrogen) atoms. The van der Waals surface area contributed by atoms with Crippen LogP contribution in [-0.2, 0) is 20.7 Å². The largest absolute Gasteiger partial charge is 0.496 e. The molecule has 0 heterocycles. The van der Waals surface area contributed by atoms with E-state index in [4.69, 9.17) is 4.74 Å². The summed E-state index contributed by atoms with van der Waals surface area (Å²) in [6.07, 6.45) is 0.0983. The van der Waals surface area contributed by atoms with Gasteiger partial charge in [-0.05, 0) is 12.1 Å². The van der Waals surface area contributed by atoms with Crippen LogP contribution in [0.25, 0.3) is 0 Å². The number of carbonyl (C=O) groups is 2. The molecule has 5 nitrogen and oxygen atoms in total. The van der Waals surface area contributed by atoms with E-state index in [0.717, 1.165) is 0 Å². The minimum atomic E-state index is -0.451. The molecule has 92 valence electrons. The van der Waals surface area contributed by atoms with Gasteiger partial charge in [0.25, 0.3) is 0 Å². The molecular formula is C12H14O5. The molecule has 0 amide bonds.